The molecule has 1 saturated carbocycles. The number of nitrogens with one attached hydrogen (secondary N) is 2. The maximum Gasteiger partial charge on any atom is 0.408 e. The van der Waals surface area contributed by atoms with Gasteiger partial charge in [-0.25, -0.2) is 4.79 Å². The van der Waals surface area contributed by atoms with Crippen molar-refractivity contribution in [2.75, 3.05) is 12.4 Å². The van der Waals surface area contributed by atoms with Crippen molar-refractivity contribution in [2.45, 2.75) is 76.6 Å². The minimum Gasteiger partial charge on any atom is -0.497 e. The number of hydrogen-bond acceptors (Lipinski definition) is 6. The van der Waals surface area contributed by atoms with Crippen LogP contribution in [0.1, 0.15) is 70.0 Å². The van der Waals surface area contributed by atoms with Gasteiger partial charge in [-0.15, -0.1) is 6.42 Å². The largest absolute Gasteiger partial charge is 0.497 e. The molecule has 0 bridgehead atoms. The van der Waals surface area contributed by atoms with Crippen molar-refractivity contribution in [3.8, 4) is 18.1 Å². The number of terminal acetylenes is 1. The number of alkyl carbamates (subject to hydrolysis) is 1. The third kappa shape index (κ3) is 8.73. The van der Waals surface area contributed by atoms with Gasteiger partial charge in [-0.2, -0.15) is 0 Å². The maximum absolute atomic E-state index is 14.2. The normalized spacial score (nSPS) is 14.4. The molecule has 3 rings (SSSR count). The number of rotatable bonds is 11. The molecule has 0 radical (unpaired) electrons. The molecule has 0 heterocycles. The number of benzene rings is 2. The molecule has 2 atom stereocenters. The molecule has 4 amide bonds. The Bertz CT molecular complexity index is 1270. The van der Waals surface area contributed by atoms with Gasteiger partial charge in [-0.05, 0) is 88.4 Å². The number of methoxy groups -OCH3 is 1. The van der Waals surface area contributed by atoms with Crippen LogP contribution in [0.4, 0.5) is 10.5 Å². The monoisotopic (exact) mass is 562 g/mol. The number of hydrogen-bond donors (Lipinski definition) is 3. The fourth-order valence-electron chi connectivity index (χ4n) is 4.44. The molecule has 4 N–H and O–H groups in total. The van der Waals surface area contributed by atoms with Crippen molar-refractivity contribution in [1.29, 1.82) is 0 Å². The van der Waals surface area contributed by atoms with Gasteiger partial charge >= 0.3 is 6.09 Å². The van der Waals surface area contributed by atoms with Gasteiger partial charge in [0.25, 0.3) is 5.91 Å². The van der Waals surface area contributed by atoms with Crippen LogP contribution in [-0.4, -0.2) is 53.5 Å². The number of primary amides is 1. The number of carbonyl (C=O) groups is 4. The summed E-state index contributed by atoms with van der Waals surface area (Å²) in [4.78, 5) is 54.1. The predicted molar refractivity (Wildman–Crippen MR) is 155 cm³/mol. The summed E-state index contributed by atoms with van der Waals surface area (Å²) in [5.41, 5.74) is 6.25. The van der Waals surface area contributed by atoms with Gasteiger partial charge in [-0.1, -0.05) is 18.1 Å². The smallest absolute Gasteiger partial charge is 0.408 e. The SMILES string of the molecule is C#Cc1ccc(C(C(=O)Nc2ccc(OC)cc2)N(C(=O)C(CCC(N)=O)NC(=O)OC(C)(C)C)C2CCC2)cc1. The summed E-state index contributed by atoms with van der Waals surface area (Å²) in [6.45, 7) is 5.10. The van der Waals surface area contributed by atoms with Gasteiger partial charge in [0.1, 0.15) is 23.4 Å². The second-order valence-electron chi connectivity index (χ2n) is 10.9. The Kier molecular flexibility index (Phi) is 10.4. The first kappa shape index (κ1) is 31.0. The predicted octanol–water partition coefficient (Wildman–Crippen LogP) is 3.90. The van der Waals surface area contributed by atoms with Gasteiger partial charge in [0, 0.05) is 23.7 Å². The summed E-state index contributed by atoms with van der Waals surface area (Å²) >= 11 is 0. The molecule has 0 aliphatic heterocycles. The maximum atomic E-state index is 14.2. The van der Waals surface area contributed by atoms with E-state index in [0.29, 0.717) is 35.4 Å². The van der Waals surface area contributed by atoms with E-state index in [1.165, 1.54) is 4.90 Å². The molecule has 10 heteroatoms. The lowest BCUT2D eigenvalue weighted by molar-refractivity contribution is -0.146. The van der Waals surface area contributed by atoms with Crippen LogP contribution >= 0.6 is 0 Å². The molecular formula is C31H38N4O6. The van der Waals surface area contributed by atoms with E-state index in [1.807, 2.05) is 0 Å². The highest BCUT2D eigenvalue weighted by atomic mass is 16.6. The zero-order valence-electron chi connectivity index (χ0n) is 23.9. The first-order valence-electron chi connectivity index (χ1n) is 13.5. The lowest BCUT2D eigenvalue weighted by atomic mass is 9.87. The number of carbonyl (C=O) groups excluding carboxylic acids is 4. The molecule has 1 fully saturated rings. The van der Waals surface area contributed by atoms with Gasteiger partial charge in [0.2, 0.25) is 11.8 Å². The van der Waals surface area contributed by atoms with Crippen molar-refractivity contribution < 1.29 is 28.7 Å². The average molecular weight is 563 g/mol. The Morgan fingerprint density at radius 2 is 1.71 bits per heavy atom. The van der Waals surface area contributed by atoms with Crippen molar-refractivity contribution in [3.63, 3.8) is 0 Å². The molecule has 0 aromatic heterocycles. The van der Waals surface area contributed by atoms with Crippen LogP contribution in [0.25, 0.3) is 0 Å². The van der Waals surface area contributed by atoms with E-state index in [1.54, 1.807) is 76.4 Å². The molecule has 1 aliphatic carbocycles. The quantitative estimate of drug-likeness (QED) is 0.355. The summed E-state index contributed by atoms with van der Waals surface area (Å²) < 4.78 is 10.6. The van der Waals surface area contributed by atoms with E-state index in [-0.39, 0.29) is 18.9 Å². The molecule has 1 aliphatic rings. The Morgan fingerprint density at radius 3 is 2.20 bits per heavy atom. The van der Waals surface area contributed by atoms with Crippen molar-refractivity contribution in [1.82, 2.24) is 10.2 Å². The van der Waals surface area contributed by atoms with Gasteiger partial charge in [0.05, 0.1) is 7.11 Å². The topological polar surface area (TPSA) is 140 Å². The van der Waals surface area contributed by atoms with Gasteiger partial charge in [-0.3, -0.25) is 14.4 Å². The number of nitrogens with zero attached hydrogens (tertiary/aromatic N) is 1. The zero-order chi connectivity index (χ0) is 30.2. The second-order valence-corrected chi connectivity index (χ2v) is 10.9. The minimum absolute atomic E-state index is 0.0561. The van der Waals surface area contributed by atoms with E-state index in [9.17, 15) is 19.2 Å². The highest BCUT2D eigenvalue weighted by Crippen LogP contribution is 2.35. The van der Waals surface area contributed by atoms with E-state index >= 15 is 0 Å². The fourth-order valence-corrected chi connectivity index (χ4v) is 4.44. The summed E-state index contributed by atoms with van der Waals surface area (Å²) in [6, 6.07) is 11.2. The van der Waals surface area contributed by atoms with Crippen LogP contribution in [0.15, 0.2) is 48.5 Å². The third-order valence-electron chi connectivity index (χ3n) is 6.67. The number of anilines is 1. The summed E-state index contributed by atoms with van der Waals surface area (Å²) in [6.07, 6.45) is 6.75. The van der Waals surface area contributed by atoms with Crippen LogP contribution < -0.4 is 21.1 Å². The molecule has 2 aromatic carbocycles. The number of amides is 4. The molecule has 0 spiro atoms. The Morgan fingerprint density at radius 1 is 1.07 bits per heavy atom. The lowest BCUT2D eigenvalue weighted by Crippen LogP contribution is -2.57. The summed E-state index contributed by atoms with van der Waals surface area (Å²) in [5, 5.41) is 5.51. The Hall–Kier alpha value is -4.52. The average Bonchev–Trinajstić information content (AvgIpc) is 2.89. The molecule has 10 nitrogen and oxygen atoms in total. The van der Waals surface area contributed by atoms with Crippen LogP contribution in [0.2, 0.25) is 0 Å². The van der Waals surface area contributed by atoms with E-state index in [0.717, 1.165) is 6.42 Å². The first-order valence-corrected chi connectivity index (χ1v) is 13.5. The Balaban J connectivity index is 2.02. The summed E-state index contributed by atoms with van der Waals surface area (Å²) in [5.74, 6) is 1.60. The standard InChI is InChI=1S/C31H38N4O6/c1-6-20-10-12-21(13-11-20)27(28(37)33-22-14-16-24(40-5)17-15-22)35(23-8-7-9-23)29(38)25(18-19-26(32)36)34-30(39)41-31(2,3)4/h1,10-17,23,25,27H,7-9,18-19H2,2-5H3,(H2,32,36)(H,33,37)(H,34,39). The van der Waals surface area contributed by atoms with Crippen molar-refractivity contribution in [2.24, 2.45) is 5.73 Å². The van der Waals surface area contributed by atoms with E-state index in [2.05, 4.69) is 16.6 Å². The second kappa shape index (κ2) is 13.7. The van der Waals surface area contributed by atoms with Crippen LogP contribution in [0, 0.1) is 12.3 Å². The van der Waals surface area contributed by atoms with E-state index < -0.39 is 41.5 Å². The van der Waals surface area contributed by atoms with Crippen LogP contribution in [0.5, 0.6) is 5.75 Å². The molecule has 218 valence electrons. The van der Waals surface area contributed by atoms with Gasteiger partial charge < -0.3 is 30.7 Å². The first-order chi connectivity index (χ1) is 19.4. The van der Waals surface area contributed by atoms with Gasteiger partial charge in [0.15, 0.2) is 0 Å². The minimum atomic E-state index is -1.15. The molecule has 0 saturated heterocycles. The van der Waals surface area contributed by atoms with Crippen LogP contribution in [-0.2, 0) is 19.1 Å². The number of ether oxygens (including phenoxy) is 2. The third-order valence-corrected chi connectivity index (χ3v) is 6.67. The molecule has 2 unspecified atom stereocenters. The highest BCUT2D eigenvalue weighted by Gasteiger charge is 2.42. The zero-order valence-corrected chi connectivity index (χ0v) is 23.9. The van der Waals surface area contributed by atoms with Crippen LogP contribution in [0.3, 0.4) is 0 Å². The van der Waals surface area contributed by atoms with E-state index in [4.69, 9.17) is 21.6 Å². The van der Waals surface area contributed by atoms with Crippen molar-refractivity contribution >= 4 is 29.5 Å². The highest BCUT2D eigenvalue weighted by molar-refractivity contribution is 5.99. The fraction of sp³-hybridized carbons (Fsp3) is 0.419. The number of nitrogens with two attached hydrogens (primary N) is 1. The Labute approximate surface area is 240 Å². The summed E-state index contributed by atoms with van der Waals surface area (Å²) in [7, 11) is 1.55. The lowest BCUT2D eigenvalue weighted by Gasteiger charge is -2.43. The van der Waals surface area contributed by atoms with Crippen molar-refractivity contribution in [3.05, 3.63) is 59.7 Å². The molecule has 2 aromatic rings. The molecule has 41 heavy (non-hydrogen) atoms. The molecular weight excluding hydrogens is 524 g/mol.